The topological polar surface area (TPSA) is 12.9 Å². The Morgan fingerprint density at radius 1 is 0.436 bits per heavy atom. The molecule has 1 aromatic heterocycles. The van der Waals surface area contributed by atoms with E-state index in [2.05, 4.69) is 140 Å². The summed E-state index contributed by atoms with van der Waals surface area (Å²) in [5.41, 5.74) is 7.33. The minimum atomic E-state index is 1.13. The fourth-order valence-electron chi connectivity index (χ4n) is 5.48. The molecule has 188 valence electrons. The van der Waals surface area contributed by atoms with Crippen molar-refractivity contribution in [2.24, 2.45) is 0 Å². The number of nitrogens with zero attached hydrogens (tertiary/aromatic N) is 1. The van der Waals surface area contributed by atoms with Crippen molar-refractivity contribution in [3.05, 3.63) is 140 Å². The van der Waals surface area contributed by atoms with Gasteiger partial charge in [0.25, 0.3) is 0 Å². The van der Waals surface area contributed by atoms with E-state index in [-0.39, 0.29) is 0 Å². The lowest BCUT2D eigenvalue weighted by molar-refractivity contribution is 1.09. The second-order valence-electron chi connectivity index (χ2n) is 9.93. The van der Waals surface area contributed by atoms with Crippen molar-refractivity contribution in [1.82, 2.24) is 4.98 Å². The summed E-state index contributed by atoms with van der Waals surface area (Å²) >= 11 is 0. The molecule has 7 rings (SSSR count). The number of aromatic nitrogens is 1. The van der Waals surface area contributed by atoms with Gasteiger partial charge in [0.1, 0.15) is 0 Å². The van der Waals surface area contributed by atoms with Gasteiger partial charge >= 0.3 is 0 Å². The zero-order valence-electron chi connectivity index (χ0n) is 22.4. The van der Waals surface area contributed by atoms with Crippen LogP contribution in [0.4, 0.5) is 0 Å². The molecule has 0 radical (unpaired) electrons. The van der Waals surface area contributed by atoms with Crippen molar-refractivity contribution in [2.75, 3.05) is 0 Å². The fourth-order valence-corrected chi connectivity index (χ4v) is 5.48. The normalized spacial score (nSPS) is 10.9. The highest BCUT2D eigenvalue weighted by molar-refractivity contribution is 6.21. The Kier molecular flexibility index (Phi) is 6.89. The summed E-state index contributed by atoms with van der Waals surface area (Å²) in [5, 5.41) is 7.60. The molecule has 0 atom stereocenters. The predicted octanol–water partition coefficient (Wildman–Crippen LogP) is 11.0. The van der Waals surface area contributed by atoms with Crippen LogP contribution in [0.15, 0.2) is 140 Å². The van der Waals surface area contributed by atoms with Gasteiger partial charge in [0.05, 0.1) is 0 Å². The van der Waals surface area contributed by atoms with Crippen molar-refractivity contribution >= 4 is 32.3 Å². The van der Waals surface area contributed by atoms with E-state index in [4.69, 9.17) is 0 Å². The average Bonchev–Trinajstić information content (AvgIpc) is 3.00. The summed E-state index contributed by atoms with van der Waals surface area (Å²) < 4.78 is 0. The first-order valence-corrected chi connectivity index (χ1v) is 13.7. The second-order valence-corrected chi connectivity index (χ2v) is 9.93. The Labute approximate surface area is 230 Å². The lowest BCUT2D eigenvalue weighted by Crippen LogP contribution is -1.91. The number of benzene rings is 6. The van der Waals surface area contributed by atoms with Crippen LogP contribution < -0.4 is 0 Å². The Bertz CT molecular complexity index is 1840. The van der Waals surface area contributed by atoms with Gasteiger partial charge < -0.3 is 0 Å². The zero-order valence-corrected chi connectivity index (χ0v) is 22.4. The molecule has 0 N–H and O–H groups in total. The Hall–Kier alpha value is -4.75. The monoisotopic (exact) mass is 501 g/mol. The van der Waals surface area contributed by atoms with Gasteiger partial charge in [-0.05, 0) is 78.3 Å². The van der Waals surface area contributed by atoms with E-state index in [0.29, 0.717) is 0 Å². The number of hydrogen-bond acceptors (Lipinski definition) is 1. The predicted molar refractivity (Wildman–Crippen MR) is 169 cm³/mol. The first-order valence-electron chi connectivity index (χ1n) is 13.7. The Morgan fingerprint density at radius 2 is 0.949 bits per heavy atom. The molecule has 0 saturated heterocycles. The van der Waals surface area contributed by atoms with Gasteiger partial charge in [0, 0.05) is 18.0 Å². The molecular weight excluding hydrogens is 470 g/mol. The molecule has 0 bridgehead atoms. The molecule has 0 aliphatic carbocycles. The summed E-state index contributed by atoms with van der Waals surface area (Å²) in [6.07, 6.45) is 5.00. The molecule has 6 aromatic carbocycles. The Morgan fingerprint density at radius 3 is 1.54 bits per heavy atom. The van der Waals surface area contributed by atoms with Gasteiger partial charge in [0.2, 0.25) is 0 Å². The third kappa shape index (κ3) is 4.69. The van der Waals surface area contributed by atoms with Crippen LogP contribution in [0.2, 0.25) is 0 Å². The number of fused-ring (bicyclic) bond motifs is 3. The highest BCUT2D eigenvalue weighted by Gasteiger charge is 2.17. The maximum Gasteiger partial charge on any atom is 0.0346 e. The maximum atomic E-state index is 4.33. The molecule has 0 saturated carbocycles. The third-order valence-electron chi connectivity index (χ3n) is 7.12. The molecule has 0 amide bonds. The average molecular weight is 502 g/mol. The second kappa shape index (κ2) is 10.9. The van der Waals surface area contributed by atoms with Gasteiger partial charge in [0.15, 0.2) is 0 Å². The van der Waals surface area contributed by atoms with Crippen LogP contribution in [0.1, 0.15) is 20.3 Å². The molecule has 39 heavy (non-hydrogen) atoms. The van der Waals surface area contributed by atoms with E-state index < -0.39 is 0 Å². The van der Waals surface area contributed by atoms with Crippen LogP contribution in [-0.4, -0.2) is 4.98 Å². The quantitative estimate of drug-likeness (QED) is 0.219. The standard InChI is InChI=1S/C35H23N.C3H8/c1-2-10-25-21-28(19-18-24(25)9-1)35-32-16-5-3-14-30(32)34(31-15-4-6-17-33(31)35)27-12-7-11-26(22-27)29-13-8-20-36-23-29;1-3-2/h1-23H;3H2,1-2H3. The van der Waals surface area contributed by atoms with E-state index in [1.165, 1.54) is 66.6 Å². The van der Waals surface area contributed by atoms with Crippen LogP contribution in [0.5, 0.6) is 0 Å². The minimum Gasteiger partial charge on any atom is -0.264 e. The van der Waals surface area contributed by atoms with Crippen molar-refractivity contribution < 1.29 is 0 Å². The van der Waals surface area contributed by atoms with E-state index in [1.54, 1.807) is 0 Å². The van der Waals surface area contributed by atoms with Gasteiger partial charge in [-0.15, -0.1) is 0 Å². The maximum absolute atomic E-state index is 4.33. The molecular formula is C38H31N. The smallest absolute Gasteiger partial charge is 0.0346 e. The van der Waals surface area contributed by atoms with Crippen molar-refractivity contribution in [2.45, 2.75) is 20.3 Å². The summed E-state index contributed by atoms with van der Waals surface area (Å²) in [6.45, 7) is 4.25. The van der Waals surface area contributed by atoms with E-state index in [1.807, 2.05) is 18.5 Å². The molecule has 0 fully saturated rings. The van der Waals surface area contributed by atoms with E-state index >= 15 is 0 Å². The number of rotatable bonds is 3. The van der Waals surface area contributed by atoms with Crippen molar-refractivity contribution in [1.29, 1.82) is 0 Å². The largest absolute Gasteiger partial charge is 0.264 e. The van der Waals surface area contributed by atoms with Gasteiger partial charge in [-0.25, -0.2) is 0 Å². The molecule has 1 heterocycles. The molecule has 1 nitrogen and oxygen atoms in total. The molecule has 0 spiro atoms. The minimum absolute atomic E-state index is 1.13. The summed E-state index contributed by atoms with van der Waals surface area (Å²) in [6, 6.07) is 46.0. The highest BCUT2D eigenvalue weighted by Crippen LogP contribution is 2.44. The van der Waals surface area contributed by atoms with Crippen LogP contribution in [0.25, 0.3) is 65.7 Å². The lowest BCUT2D eigenvalue weighted by atomic mass is 9.85. The number of hydrogen-bond donors (Lipinski definition) is 0. The zero-order chi connectivity index (χ0) is 26.6. The molecule has 0 unspecified atom stereocenters. The Balaban J connectivity index is 0.000000883. The van der Waals surface area contributed by atoms with Crippen LogP contribution >= 0.6 is 0 Å². The van der Waals surface area contributed by atoms with Crippen molar-refractivity contribution in [3.63, 3.8) is 0 Å². The molecule has 0 aliphatic rings. The first-order chi connectivity index (χ1) is 19.3. The van der Waals surface area contributed by atoms with E-state index in [0.717, 1.165) is 5.56 Å². The SMILES string of the molecule is CCC.c1cncc(-c2cccc(-c3c4ccccc4c(-c4ccc5ccccc5c4)c4ccccc34)c2)c1. The molecule has 0 aliphatic heterocycles. The van der Waals surface area contributed by atoms with Gasteiger partial charge in [-0.1, -0.05) is 129 Å². The molecule has 7 aromatic rings. The third-order valence-corrected chi connectivity index (χ3v) is 7.12. The summed E-state index contributed by atoms with van der Waals surface area (Å²) in [7, 11) is 0. The van der Waals surface area contributed by atoms with Gasteiger partial charge in [-0.3, -0.25) is 4.98 Å². The van der Waals surface area contributed by atoms with Crippen LogP contribution in [0, 0.1) is 0 Å². The lowest BCUT2D eigenvalue weighted by Gasteiger charge is -2.18. The highest BCUT2D eigenvalue weighted by atomic mass is 14.6. The summed E-state index contributed by atoms with van der Waals surface area (Å²) in [4.78, 5) is 4.33. The first kappa shape index (κ1) is 24.6. The fraction of sp³-hybridized carbons (Fsp3) is 0.0789. The number of pyridine rings is 1. The van der Waals surface area contributed by atoms with Crippen LogP contribution in [0.3, 0.4) is 0 Å². The van der Waals surface area contributed by atoms with Crippen molar-refractivity contribution in [3.8, 4) is 33.4 Å². The van der Waals surface area contributed by atoms with E-state index in [9.17, 15) is 0 Å². The summed E-state index contributed by atoms with van der Waals surface area (Å²) in [5.74, 6) is 0. The van der Waals surface area contributed by atoms with Gasteiger partial charge in [-0.2, -0.15) is 0 Å². The van der Waals surface area contributed by atoms with Crippen LogP contribution in [-0.2, 0) is 0 Å². The molecule has 1 heteroatoms.